The minimum Gasteiger partial charge on any atom is -0.466 e. The number of aliphatic hydroxyl groups excluding tert-OH is 4. The Bertz CT molecular complexity index is 308. The van der Waals surface area contributed by atoms with E-state index in [0.717, 1.165) is 0 Å². The zero-order valence-corrected chi connectivity index (χ0v) is 11.5. The van der Waals surface area contributed by atoms with Gasteiger partial charge in [0.15, 0.2) is 6.29 Å². The maximum absolute atomic E-state index is 11.3. The predicted octanol–water partition coefficient (Wildman–Crippen LogP) is -1.86. The van der Waals surface area contributed by atoms with Crippen LogP contribution in [0.15, 0.2) is 0 Å². The molecule has 0 aromatic carbocycles. The zero-order chi connectivity index (χ0) is 15.3. The topological polar surface area (TPSA) is 126 Å². The first-order valence-corrected chi connectivity index (χ1v) is 6.52. The normalized spacial score (nSPS) is 35.6. The van der Waals surface area contributed by atoms with Crippen molar-refractivity contribution in [3.8, 4) is 0 Å². The summed E-state index contributed by atoms with van der Waals surface area (Å²) in [6.07, 6.45) is -7.34. The number of esters is 1. The number of carbonyl (C=O) groups excluding carboxylic acids is 1. The molecule has 0 radical (unpaired) electrons. The lowest BCUT2D eigenvalue weighted by Gasteiger charge is -2.40. The van der Waals surface area contributed by atoms with Crippen LogP contribution in [-0.2, 0) is 19.0 Å². The number of hydrogen-bond acceptors (Lipinski definition) is 8. The van der Waals surface area contributed by atoms with Crippen LogP contribution in [0.3, 0.4) is 0 Å². The molecule has 4 N–H and O–H groups in total. The Morgan fingerprint density at radius 2 is 1.90 bits per heavy atom. The van der Waals surface area contributed by atoms with E-state index in [1.54, 1.807) is 13.8 Å². The summed E-state index contributed by atoms with van der Waals surface area (Å²) in [4.78, 5) is 11.3. The molecule has 0 spiro atoms. The molecule has 0 aromatic heterocycles. The highest BCUT2D eigenvalue weighted by atomic mass is 16.7. The Hall–Kier alpha value is -0.770. The molecule has 8 heteroatoms. The second-order valence-electron chi connectivity index (χ2n) is 4.65. The van der Waals surface area contributed by atoms with E-state index < -0.39 is 49.4 Å². The minimum atomic E-state index is -1.50. The molecule has 118 valence electrons. The second kappa shape index (κ2) is 7.87. The maximum atomic E-state index is 11.3. The lowest BCUT2D eigenvalue weighted by Crippen LogP contribution is -2.59. The smallest absolute Gasteiger partial charge is 0.308 e. The van der Waals surface area contributed by atoms with Gasteiger partial charge < -0.3 is 34.6 Å². The van der Waals surface area contributed by atoms with E-state index in [4.69, 9.17) is 19.3 Å². The van der Waals surface area contributed by atoms with Crippen molar-refractivity contribution in [1.82, 2.24) is 0 Å². The molecule has 6 atom stereocenters. The van der Waals surface area contributed by atoms with E-state index in [-0.39, 0.29) is 13.0 Å². The third-order valence-corrected chi connectivity index (χ3v) is 2.97. The maximum Gasteiger partial charge on any atom is 0.308 e. The molecule has 4 unspecified atom stereocenters. The number of ether oxygens (including phenoxy) is 3. The van der Waals surface area contributed by atoms with Crippen molar-refractivity contribution in [2.75, 3.05) is 13.2 Å². The highest BCUT2D eigenvalue weighted by Crippen LogP contribution is 2.23. The van der Waals surface area contributed by atoms with Crippen molar-refractivity contribution in [3.05, 3.63) is 0 Å². The number of hydrogen-bond donors (Lipinski definition) is 4. The van der Waals surface area contributed by atoms with Crippen LogP contribution in [0.25, 0.3) is 0 Å². The van der Waals surface area contributed by atoms with E-state index in [9.17, 15) is 20.1 Å². The molecule has 0 aromatic rings. The molecule has 0 saturated carbocycles. The third kappa shape index (κ3) is 4.37. The number of aliphatic hydroxyl groups is 4. The van der Waals surface area contributed by atoms with Gasteiger partial charge in [-0.25, -0.2) is 0 Å². The summed E-state index contributed by atoms with van der Waals surface area (Å²) in [5, 5.41) is 38.0. The van der Waals surface area contributed by atoms with Gasteiger partial charge in [-0.05, 0) is 13.8 Å². The quantitative estimate of drug-likeness (QED) is 0.420. The Morgan fingerprint density at radius 3 is 2.45 bits per heavy atom. The van der Waals surface area contributed by atoms with Gasteiger partial charge in [0.2, 0.25) is 0 Å². The van der Waals surface area contributed by atoms with Crippen LogP contribution in [0, 0.1) is 0 Å². The zero-order valence-electron chi connectivity index (χ0n) is 11.5. The van der Waals surface area contributed by atoms with Gasteiger partial charge in [0.25, 0.3) is 0 Å². The van der Waals surface area contributed by atoms with E-state index in [1.807, 2.05) is 0 Å². The van der Waals surface area contributed by atoms with E-state index >= 15 is 0 Å². The van der Waals surface area contributed by atoms with Crippen LogP contribution in [0.2, 0.25) is 0 Å². The average Bonchev–Trinajstić information content (AvgIpc) is 2.39. The molecule has 20 heavy (non-hydrogen) atoms. The lowest BCUT2D eigenvalue weighted by molar-refractivity contribution is -0.310. The van der Waals surface area contributed by atoms with Crippen molar-refractivity contribution < 1.29 is 39.4 Å². The molecule has 0 bridgehead atoms. The fraction of sp³-hybridized carbons (Fsp3) is 0.917. The minimum absolute atomic E-state index is 0.0388. The fourth-order valence-corrected chi connectivity index (χ4v) is 1.91. The van der Waals surface area contributed by atoms with Crippen LogP contribution in [0.4, 0.5) is 0 Å². The molecule has 1 rings (SSSR count). The molecule has 0 aliphatic carbocycles. The highest BCUT2D eigenvalue weighted by Gasteiger charge is 2.44. The van der Waals surface area contributed by atoms with E-state index in [1.165, 1.54) is 0 Å². The Kier molecular flexibility index (Phi) is 6.80. The van der Waals surface area contributed by atoms with Gasteiger partial charge in [-0.3, -0.25) is 4.79 Å². The highest BCUT2D eigenvalue weighted by molar-refractivity contribution is 5.69. The van der Waals surface area contributed by atoms with E-state index in [0.29, 0.717) is 0 Å². The number of rotatable bonds is 6. The van der Waals surface area contributed by atoms with Crippen LogP contribution in [-0.4, -0.2) is 76.4 Å². The van der Waals surface area contributed by atoms with Crippen molar-refractivity contribution in [2.45, 2.75) is 57.1 Å². The first-order chi connectivity index (χ1) is 9.40. The van der Waals surface area contributed by atoms with Gasteiger partial charge in [-0.15, -0.1) is 0 Å². The molecular formula is C12H22O8. The SMILES string of the molecule is CCOC(=O)CC(C)O[C@@H]1OC(CO)[C@@H](O)C(O)C1O. The molecular weight excluding hydrogens is 272 g/mol. The summed E-state index contributed by atoms with van der Waals surface area (Å²) in [5.74, 6) is -0.454. The first-order valence-electron chi connectivity index (χ1n) is 6.52. The summed E-state index contributed by atoms with van der Waals surface area (Å²) < 4.78 is 15.2. The Morgan fingerprint density at radius 1 is 1.25 bits per heavy atom. The van der Waals surface area contributed by atoms with Crippen LogP contribution >= 0.6 is 0 Å². The van der Waals surface area contributed by atoms with Crippen molar-refractivity contribution >= 4 is 5.97 Å². The largest absolute Gasteiger partial charge is 0.466 e. The van der Waals surface area contributed by atoms with Crippen molar-refractivity contribution in [1.29, 1.82) is 0 Å². The van der Waals surface area contributed by atoms with Gasteiger partial charge >= 0.3 is 5.97 Å². The lowest BCUT2D eigenvalue weighted by atomic mass is 9.99. The van der Waals surface area contributed by atoms with Gasteiger partial charge in [0.1, 0.15) is 24.4 Å². The van der Waals surface area contributed by atoms with Crippen molar-refractivity contribution in [3.63, 3.8) is 0 Å². The molecule has 8 nitrogen and oxygen atoms in total. The van der Waals surface area contributed by atoms with Gasteiger partial charge in [-0.2, -0.15) is 0 Å². The average molecular weight is 294 g/mol. The van der Waals surface area contributed by atoms with Gasteiger partial charge in [-0.1, -0.05) is 0 Å². The molecule has 1 aliphatic rings. The monoisotopic (exact) mass is 294 g/mol. The molecule has 1 aliphatic heterocycles. The Balaban J connectivity index is 2.55. The van der Waals surface area contributed by atoms with Crippen LogP contribution < -0.4 is 0 Å². The number of carbonyl (C=O) groups is 1. The summed E-state index contributed by atoms with van der Waals surface area (Å²) in [6, 6.07) is 0. The van der Waals surface area contributed by atoms with E-state index in [2.05, 4.69) is 0 Å². The van der Waals surface area contributed by atoms with Gasteiger partial charge in [0, 0.05) is 0 Å². The molecule has 1 saturated heterocycles. The molecule has 1 fully saturated rings. The van der Waals surface area contributed by atoms with Gasteiger partial charge in [0.05, 0.1) is 25.7 Å². The second-order valence-corrected chi connectivity index (χ2v) is 4.65. The summed E-state index contributed by atoms with van der Waals surface area (Å²) in [6.45, 7) is 2.99. The fourth-order valence-electron chi connectivity index (χ4n) is 1.91. The Labute approximate surface area is 116 Å². The summed E-state index contributed by atoms with van der Waals surface area (Å²) in [7, 11) is 0. The first kappa shape index (κ1) is 17.3. The summed E-state index contributed by atoms with van der Waals surface area (Å²) in [5.41, 5.74) is 0. The predicted molar refractivity (Wildman–Crippen MR) is 65.6 cm³/mol. The van der Waals surface area contributed by atoms with Crippen molar-refractivity contribution in [2.24, 2.45) is 0 Å². The molecule has 1 heterocycles. The summed E-state index contributed by atoms with van der Waals surface area (Å²) >= 11 is 0. The van der Waals surface area contributed by atoms with Crippen LogP contribution in [0.5, 0.6) is 0 Å². The standard InChI is InChI=1S/C12H22O8/c1-3-18-8(14)4-6(2)19-12-11(17)10(16)9(15)7(5-13)20-12/h6-7,9-13,15-17H,3-5H2,1-2H3/t6?,7?,9-,10?,11?,12-/m1/s1. The third-order valence-electron chi connectivity index (χ3n) is 2.97. The molecule has 0 amide bonds. The van der Waals surface area contributed by atoms with Crippen LogP contribution in [0.1, 0.15) is 20.3 Å².